The summed E-state index contributed by atoms with van der Waals surface area (Å²) < 4.78 is 0. The van der Waals surface area contributed by atoms with Gasteiger partial charge in [-0.3, -0.25) is 0 Å². The zero-order chi connectivity index (χ0) is 13.1. The Kier molecular flexibility index (Phi) is 4.08. The van der Waals surface area contributed by atoms with Gasteiger partial charge in [0.1, 0.15) is 5.15 Å². The first kappa shape index (κ1) is 13.2. The second kappa shape index (κ2) is 5.58. The number of nitrogens with zero attached hydrogens (tertiary/aromatic N) is 2. The van der Waals surface area contributed by atoms with E-state index in [1.807, 2.05) is 12.1 Å². The average molecular weight is 298 g/mol. The number of halogens is 3. The molecule has 0 aliphatic rings. The Hall–Kier alpha value is -1.27. The lowest BCUT2D eigenvalue weighted by molar-refractivity contribution is 1.12. The normalized spacial score (nSPS) is 10.1. The zero-order valence-corrected chi connectivity index (χ0v) is 11.4. The molecule has 0 atom stereocenters. The molecule has 1 aromatic heterocycles. The molecule has 2 rings (SSSR count). The Labute approximate surface area is 120 Å². The standard InChI is InChI=1S/C13H7Cl3N2/c14-9-5-8(6-10(15)7-9)12-2-1-11(3-4-17)18-13(12)16/h1-2,5-7H,3H2. The summed E-state index contributed by atoms with van der Waals surface area (Å²) in [5.41, 5.74) is 2.18. The molecule has 1 aromatic carbocycles. The van der Waals surface area contributed by atoms with Crippen LogP contribution in [0.4, 0.5) is 0 Å². The van der Waals surface area contributed by atoms with Crippen molar-refractivity contribution in [2.75, 3.05) is 0 Å². The quantitative estimate of drug-likeness (QED) is 0.748. The molecule has 0 unspecified atom stereocenters. The Bertz CT molecular complexity index is 612. The molecular formula is C13H7Cl3N2. The van der Waals surface area contributed by atoms with Crippen LogP contribution in [0.3, 0.4) is 0 Å². The maximum absolute atomic E-state index is 8.60. The van der Waals surface area contributed by atoms with E-state index in [2.05, 4.69) is 4.98 Å². The van der Waals surface area contributed by atoms with Gasteiger partial charge in [-0.05, 0) is 35.9 Å². The van der Waals surface area contributed by atoms with E-state index < -0.39 is 0 Å². The first-order valence-corrected chi connectivity index (χ1v) is 6.22. The second-order valence-electron chi connectivity index (χ2n) is 3.63. The highest BCUT2D eigenvalue weighted by molar-refractivity contribution is 6.35. The van der Waals surface area contributed by atoms with Gasteiger partial charge in [0.25, 0.3) is 0 Å². The van der Waals surface area contributed by atoms with Crippen molar-refractivity contribution < 1.29 is 0 Å². The number of nitriles is 1. The van der Waals surface area contributed by atoms with E-state index in [4.69, 9.17) is 40.1 Å². The van der Waals surface area contributed by atoms with Gasteiger partial charge in [-0.1, -0.05) is 34.8 Å². The van der Waals surface area contributed by atoms with Crippen molar-refractivity contribution >= 4 is 34.8 Å². The van der Waals surface area contributed by atoms with Crippen molar-refractivity contribution in [2.45, 2.75) is 6.42 Å². The summed E-state index contributed by atoms with van der Waals surface area (Å²) in [7, 11) is 0. The lowest BCUT2D eigenvalue weighted by Gasteiger charge is -2.06. The molecular weight excluding hydrogens is 291 g/mol. The van der Waals surface area contributed by atoms with Crippen molar-refractivity contribution in [3.8, 4) is 17.2 Å². The Morgan fingerprint density at radius 3 is 2.28 bits per heavy atom. The molecule has 0 bridgehead atoms. The predicted octanol–water partition coefficient (Wildman–Crippen LogP) is 4.77. The maximum atomic E-state index is 8.60. The molecule has 2 aromatic rings. The van der Waals surface area contributed by atoms with E-state index in [9.17, 15) is 0 Å². The molecule has 0 aliphatic carbocycles. The van der Waals surface area contributed by atoms with Crippen molar-refractivity contribution in [1.29, 1.82) is 5.26 Å². The summed E-state index contributed by atoms with van der Waals surface area (Å²) in [6.45, 7) is 0. The van der Waals surface area contributed by atoms with Crippen LogP contribution in [0.1, 0.15) is 5.69 Å². The summed E-state index contributed by atoms with van der Waals surface area (Å²) in [5, 5.41) is 10.0. The number of benzene rings is 1. The van der Waals surface area contributed by atoms with E-state index in [0.29, 0.717) is 20.9 Å². The molecule has 1 heterocycles. The van der Waals surface area contributed by atoms with Crippen molar-refractivity contribution in [2.24, 2.45) is 0 Å². The van der Waals surface area contributed by atoms with E-state index in [0.717, 1.165) is 11.1 Å². The highest BCUT2D eigenvalue weighted by Gasteiger charge is 2.08. The summed E-state index contributed by atoms with van der Waals surface area (Å²) >= 11 is 18.0. The van der Waals surface area contributed by atoms with Crippen molar-refractivity contribution in [3.63, 3.8) is 0 Å². The van der Waals surface area contributed by atoms with Crippen LogP contribution in [0.2, 0.25) is 15.2 Å². The molecule has 0 aliphatic heterocycles. The third-order valence-electron chi connectivity index (χ3n) is 2.34. The van der Waals surface area contributed by atoms with Crippen LogP contribution in [-0.4, -0.2) is 4.98 Å². The molecule has 0 amide bonds. The Morgan fingerprint density at radius 1 is 1.06 bits per heavy atom. The summed E-state index contributed by atoms with van der Waals surface area (Å²) in [6, 6.07) is 10.8. The minimum Gasteiger partial charge on any atom is -0.239 e. The van der Waals surface area contributed by atoms with Gasteiger partial charge in [0.05, 0.1) is 18.2 Å². The molecule has 0 fully saturated rings. The Balaban J connectivity index is 2.48. The average Bonchev–Trinajstić information content (AvgIpc) is 2.28. The van der Waals surface area contributed by atoms with Crippen LogP contribution in [0.15, 0.2) is 30.3 Å². The van der Waals surface area contributed by atoms with Gasteiger partial charge in [0.15, 0.2) is 0 Å². The molecule has 5 heteroatoms. The van der Waals surface area contributed by atoms with Gasteiger partial charge in [0.2, 0.25) is 0 Å². The highest BCUT2D eigenvalue weighted by Crippen LogP contribution is 2.31. The van der Waals surface area contributed by atoms with Gasteiger partial charge >= 0.3 is 0 Å². The van der Waals surface area contributed by atoms with Gasteiger partial charge in [-0.2, -0.15) is 5.26 Å². The molecule has 0 spiro atoms. The van der Waals surface area contributed by atoms with Crippen LogP contribution < -0.4 is 0 Å². The van der Waals surface area contributed by atoms with E-state index in [1.165, 1.54) is 0 Å². The molecule has 0 radical (unpaired) electrons. The number of aromatic nitrogens is 1. The number of hydrogen-bond acceptors (Lipinski definition) is 2. The SMILES string of the molecule is N#CCc1ccc(-c2cc(Cl)cc(Cl)c2)c(Cl)n1. The monoisotopic (exact) mass is 296 g/mol. The van der Waals surface area contributed by atoms with E-state index >= 15 is 0 Å². The van der Waals surface area contributed by atoms with Gasteiger partial charge in [-0.25, -0.2) is 4.98 Å². The molecule has 2 nitrogen and oxygen atoms in total. The zero-order valence-electron chi connectivity index (χ0n) is 9.12. The first-order valence-electron chi connectivity index (χ1n) is 5.09. The molecule has 18 heavy (non-hydrogen) atoms. The van der Waals surface area contributed by atoms with Gasteiger partial charge in [-0.15, -0.1) is 0 Å². The smallest absolute Gasteiger partial charge is 0.137 e. The number of pyridine rings is 1. The third-order valence-corrected chi connectivity index (χ3v) is 3.06. The Morgan fingerprint density at radius 2 is 1.72 bits per heavy atom. The van der Waals surface area contributed by atoms with Gasteiger partial charge in [0, 0.05) is 15.6 Å². The van der Waals surface area contributed by atoms with Crippen molar-refractivity contribution in [1.82, 2.24) is 4.98 Å². The van der Waals surface area contributed by atoms with Crippen LogP contribution >= 0.6 is 34.8 Å². The van der Waals surface area contributed by atoms with E-state index in [-0.39, 0.29) is 6.42 Å². The summed E-state index contributed by atoms with van der Waals surface area (Å²) in [4.78, 5) is 4.16. The fourth-order valence-corrected chi connectivity index (χ4v) is 2.38. The van der Waals surface area contributed by atoms with Crippen LogP contribution in [-0.2, 0) is 6.42 Å². The summed E-state index contributed by atoms with van der Waals surface area (Å²) in [5.74, 6) is 0. The third kappa shape index (κ3) is 2.94. The molecule has 0 N–H and O–H groups in total. The van der Waals surface area contributed by atoms with Crippen molar-refractivity contribution in [3.05, 3.63) is 51.2 Å². The van der Waals surface area contributed by atoms with Crippen LogP contribution in [0.25, 0.3) is 11.1 Å². The fraction of sp³-hybridized carbons (Fsp3) is 0.0769. The number of hydrogen-bond donors (Lipinski definition) is 0. The topological polar surface area (TPSA) is 36.7 Å². The number of rotatable bonds is 2. The minimum absolute atomic E-state index is 0.232. The van der Waals surface area contributed by atoms with Gasteiger partial charge < -0.3 is 0 Å². The molecule has 90 valence electrons. The first-order chi connectivity index (χ1) is 8.60. The lowest BCUT2D eigenvalue weighted by atomic mass is 10.1. The largest absolute Gasteiger partial charge is 0.239 e. The summed E-state index contributed by atoms with van der Waals surface area (Å²) in [6.07, 6.45) is 0.232. The van der Waals surface area contributed by atoms with Crippen LogP contribution in [0, 0.1) is 11.3 Å². The highest BCUT2D eigenvalue weighted by atomic mass is 35.5. The van der Waals surface area contributed by atoms with Crippen LogP contribution in [0.5, 0.6) is 0 Å². The van der Waals surface area contributed by atoms with E-state index in [1.54, 1.807) is 24.3 Å². The molecule has 0 saturated heterocycles. The second-order valence-corrected chi connectivity index (χ2v) is 4.86. The lowest BCUT2D eigenvalue weighted by Crippen LogP contribution is -1.90. The maximum Gasteiger partial charge on any atom is 0.137 e. The fourth-order valence-electron chi connectivity index (χ4n) is 1.58. The molecule has 0 saturated carbocycles. The predicted molar refractivity (Wildman–Crippen MR) is 74.0 cm³/mol. The minimum atomic E-state index is 0.232.